The number of likely N-dealkylation sites (N-methyl/N-ethyl adjacent to an activating group) is 1. The maximum absolute atomic E-state index is 13.4. The summed E-state index contributed by atoms with van der Waals surface area (Å²) in [4.78, 5) is 29.8. The van der Waals surface area contributed by atoms with Crippen LogP contribution in [-0.4, -0.2) is 64.9 Å². The van der Waals surface area contributed by atoms with Gasteiger partial charge in [-0.1, -0.05) is 19.8 Å². The number of rotatable bonds is 5. The number of anilines is 1. The van der Waals surface area contributed by atoms with Crippen molar-refractivity contribution in [2.45, 2.75) is 63.9 Å². The predicted molar refractivity (Wildman–Crippen MR) is 134 cm³/mol. The van der Waals surface area contributed by atoms with Gasteiger partial charge in [-0.2, -0.15) is 0 Å². The maximum Gasteiger partial charge on any atom is 0.275 e. The van der Waals surface area contributed by atoms with Gasteiger partial charge in [-0.05, 0) is 31.4 Å². The van der Waals surface area contributed by atoms with Crippen LogP contribution in [0.5, 0.6) is 5.75 Å². The van der Waals surface area contributed by atoms with Crippen LogP contribution in [-0.2, 0) is 4.79 Å². The van der Waals surface area contributed by atoms with Crippen LogP contribution in [0.4, 0.5) is 5.69 Å². The first-order chi connectivity index (χ1) is 16.7. The molecule has 1 aromatic carbocycles. The van der Waals surface area contributed by atoms with Gasteiger partial charge in [0.25, 0.3) is 5.91 Å². The smallest absolute Gasteiger partial charge is 0.275 e. The van der Waals surface area contributed by atoms with E-state index in [4.69, 9.17) is 10.5 Å². The molecule has 3 heterocycles. The predicted octanol–water partition coefficient (Wildman–Crippen LogP) is 2.15. The van der Waals surface area contributed by atoms with Gasteiger partial charge < -0.3 is 25.2 Å². The van der Waals surface area contributed by atoms with E-state index in [-0.39, 0.29) is 11.8 Å². The van der Waals surface area contributed by atoms with Crippen LogP contribution in [0.25, 0.3) is 10.9 Å². The summed E-state index contributed by atoms with van der Waals surface area (Å²) in [5, 5.41) is 10.5. The van der Waals surface area contributed by atoms with Crippen LogP contribution >= 0.6 is 0 Å². The number of nitrogens with one attached hydrogen (secondary N) is 3. The van der Waals surface area contributed by atoms with Gasteiger partial charge in [0.1, 0.15) is 17.3 Å². The third kappa shape index (κ3) is 3.95. The third-order valence-electron chi connectivity index (χ3n) is 7.46. The van der Waals surface area contributed by atoms with E-state index in [1.165, 1.54) is 19.8 Å². The summed E-state index contributed by atoms with van der Waals surface area (Å²) in [6.07, 6.45) is 7.33. The van der Waals surface area contributed by atoms with Gasteiger partial charge in [0.2, 0.25) is 11.8 Å². The van der Waals surface area contributed by atoms with Crippen molar-refractivity contribution >= 4 is 28.4 Å². The zero-order valence-corrected chi connectivity index (χ0v) is 20.9. The van der Waals surface area contributed by atoms with E-state index in [1.807, 2.05) is 24.1 Å². The lowest BCUT2D eigenvalue weighted by atomic mass is 10.0. The second-order valence-electron chi connectivity index (χ2n) is 9.81. The summed E-state index contributed by atoms with van der Waals surface area (Å²) in [5.41, 5.74) is 8.71. The van der Waals surface area contributed by atoms with Crippen LogP contribution in [0.3, 0.4) is 0 Å². The highest BCUT2D eigenvalue weighted by molar-refractivity contribution is 5.96. The molecule has 5 rings (SSSR count). The molecule has 0 bridgehead atoms. The Morgan fingerprint density at radius 3 is 2.69 bits per heavy atom. The topological polar surface area (TPSA) is 117 Å². The molecule has 2 aliphatic heterocycles. The Balaban J connectivity index is 1.52. The number of hydrogen-bond donors (Lipinski definition) is 4. The van der Waals surface area contributed by atoms with Gasteiger partial charge in [-0.3, -0.25) is 25.2 Å². The van der Waals surface area contributed by atoms with Gasteiger partial charge in [0.15, 0.2) is 0 Å². The number of carbonyl (C=O) groups is 2. The lowest BCUT2D eigenvalue weighted by molar-refractivity contribution is -0.123. The van der Waals surface area contributed by atoms with Crippen LogP contribution in [0, 0.1) is 0 Å². The second kappa shape index (κ2) is 8.67. The first-order valence-corrected chi connectivity index (χ1v) is 12.4. The summed E-state index contributed by atoms with van der Waals surface area (Å²) in [5.74, 6) is -0.458. The van der Waals surface area contributed by atoms with E-state index in [9.17, 15) is 9.59 Å². The maximum atomic E-state index is 13.4. The van der Waals surface area contributed by atoms with E-state index in [1.54, 1.807) is 23.9 Å². The van der Waals surface area contributed by atoms with Gasteiger partial charge in [0, 0.05) is 50.2 Å². The van der Waals surface area contributed by atoms with E-state index in [0.717, 1.165) is 42.5 Å². The largest absolute Gasteiger partial charge is 0.495 e. The number of amides is 1. The number of aromatic nitrogens is 1. The molecule has 188 valence electrons. The van der Waals surface area contributed by atoms with Crippen LogP contribution in [0.2, 0.25) is 0 Å². The molecule has 2 atom stereocenters. The number of carbonyl (C=O) groups excluding carboxylic acids is 2. The highest BCUT2D eigenvalue weighted by Crippen LogP contribution is 2.36. The normalized spacial score (nSPS) is 24.9. The molecule has 0 radical (unpaired) electrons. The molecule has 1 aliphatic carbocycles. The van der Waals surface area contributed by atoms with Crippen LogP contribution in [0.15, 0.2) is 35.9 Å². The van der Waals surface area contributed by atoms with Crippen molar-refractivity contribution in [3.63, 3.8) is 0 Å². The van der Waals surface area contributed by atoms with Crippen molar-refractivity contribution in [3.8, 4) is 5.75 Å². The van der Waals surface area contributed by atoms with Crippen molar-refractivity contribution in [1.82, 2.24) is 25.0 Å². The highest BCUT2D eigenvalue weighted by Gasteiger charge is 2.45. The average Bonchev–Trinajstić information content (AvgIpc) is 3.47. The van der Waals surface area contributed by atoms with E-state index in [2.05, 4.69) is 27.8 Å². The average molecular weight is 482 g/mol. The zero-order chi connectivity index (χ0) is 24.9. The first-order valence-electron chi connectivity index (χ1n) is 12.4. The molecule has 1 fully saturated rings. The number of fused-ring (bicyclic) bond motifs is 1. The molecule has 35 heavy (non-hydrogen) atoms. The van der Waals surface area contributed by atoms with Crippen molar-refractivity contribution in [3.05, 3.63) is 35.9 Å². The lowest BCUT2D eigenvalue weighted by Crippen LogP contribution is -2.76. The number of methoxy groups -OCH3 is 1. The Bertz CT molecular complexity index is 1200. The van der Waals surface area contributed by atoms with Crippen molar-refractivity contribution in [2.75, 3.05) is 26.0 Å². The first kappa shape index (κ1) is 23.3. The number of ether oxygens (including phenoxy) is 1. The molecule has 5 N–H and O–H groups in total. The molecule has 0 saturated heterocycles. The molecule has 2 aromatic rings. The molecule has 1 saturated carbocycles. The SMILES string of the molecule is CCC1CN(C)C2=C(N[C@@](N)(Nc3cc4ccn(C(C)=O)c4cc3OC)NC2=O)N1C1CCCC1. The van der Waals surface area contributed by atoms with E-state index >= 15 is 0 Å². The van der Waals surface area contributed by atoms with Gasteiger partial charge in [0.05, 0.1) is 18.3 Å². The molecule has 1 unspecified atom stereocenters. The summed E-state index contributed by atoms with van der Waals surface area (Å²) >= 11 is 0. The van der Waals surface area contributed by atoms with Gasteiger partial charge >= 0.3 is 0 Å². The fourth-order valence-corrected chi connectivity index (χ4v) is 5.81. The van der Waals surface area contributed by atoms with Crippen LogP contribution < -0.4 is 26.4 Å². The number of nitrogens with two attached hydrogens (primary N) is 1. The minimum atomic E-state index is -1.44. The van der Waals surface area contributed by atoms with Gasteiger partial charge in [-0.25, -0.2) is 0 Å². The Morgan fingerprint density at radius 2 is 2.03 bits per heavy atom. The summed E-state index contributed by atoms with van der Waals surface area (Å²) in [7, 11) is 3.52. The quantitative estimate of drug-likeness (QED) is 0.480. The van der Waals surface area contributed by atoms with Crippen LogP contribution in [0.1, 0.15) is 50.7 Å². The summed E-state index contributed by atoms with van der Waals surface area (Å²) in [6.45, 7) is 4.50. The Labute approximate surface area is 205 Å². The molecule has 3 aliphatic rings. The zero-order valence-electron chi connectivity index (χ0n) is 20.9. The fraction of sp³-hybridized carbons (Fsp3) is 0.520. The molecule has 10 heteroatoms. The standard InChI is InChI=1S/C25H35N7O3/c1-5-17-14-30(3)22-23(32(17)18-8-6-7-9-18)28-25(26,29-24(22)34)27-19-12-16-10-11-31(15(2)33)20(16)13-21(19)35-4/h10-13,17-18,27-28H,5-9,14,26H2,1-4H3,(H,29,34)/t17?,25-/m1/s1. The molecular weight excluding hydrogens is 446 g/mol. The van der Waals surface area contributed by atoms with Gasteiger partial charge in [-0.15, -0.1) is 0 Å². The summed E-state index contributed by atoms with van der Waals surface area (Å²) < 4.78 is 7.19. The Kier molecular flexibility index (Phi) is 5.79. The minimum absolute atomic E-state index is 0.0855. The minimum Gasteiger partial charge on any atom is -0.495 e. The van der Waals surface area contributed by atoms with Crippen molar-refractivity contribution < 1.29 is 14.3 Å². The molecular formula is C25H35N7O3. The molecule has 0 spiro atoms. The van der Waals surface area contributed by atoms with Crippen molar-refractivity contribution in [1.29, 1.82) is 0 Å². The molecule has 1 amide bonds. The monoisotopic (exact) mass is 481 g/mol. The number of benzene rings is 1. The van der Waals surface area contributed by atoms with E-state index < -0.39 is 5.91 Å². The molecule has 10 nitrogen and oxygen atoms in total. The van der Waals surface area contributed by atoms with E-state index in [0.29, 0.717) is 29.2 Å². The fourth-order valence-electron chi connectivity index (χ4n) is 5.81. The second-order valence-corrected chi connectivity index (χ2v) is 9.81. The number of nitrogens with zero attached hydrogens (tertiary/aromatic N) is 3. The highest BCUT2D eigenvalue weighted by atomic mass is 16.5. The lowest BCUT2D eigenvalue weighted by Gasteiger charge is -2.52. The number of hydrogen-bond acceptors (Lipinski definition) is 8. The molecule has 1 aromatic heterocycles. The van der Waals surface area contributed by atoms with Crippen molar-refractivity contribution in [2.24, 2.45) is 5.73 Å². The Hall–Kier alpha value is -3.40. The Morgan fingerprint density at radius 1 is 1.29 bits per heavy atom. The third-order valence-corrected chi connectivity index (χ3v) is 7.46. The summed E-state index contributed by atoms with van der Waals surface area (Å²) in [6, 6.07) is 6.21.